The fraction of sp³-hybridized carbons (Fsp3) is 0.407. The first-order valence-corrected chi connectivity index (χ1v) is 11.6. The van der Waals surface area contributed by atoms with E-state index in [0.717, 1.165) is 40.4 Å². The van der Waals surface area contributed by atoms with E-state index in [0.29, 0.717) is 19.6 Å². The van der Waals surface area contributed by atoms with E-state index in [9.17, 15) is 9.59 Å². The normalized spacial score (nSPS) is 19.0. The lowest BCUT2D eigenvalue weighted by atomic mass is 9.73. The van der Waals surface area contributed by atoms with Crippen LogP contribution >= 0.6 is 0 Å². The maximum Gasteiger partial charge on any atom is 0.239 e. The summed E-state index contributed by atoms with van der Waals surface area (Å²) >= 11 is 0. The third kappa shape index (κ3) is 4.94. The summed E-state index contributed by atoms with van der Waals surface area (Å²) in [5, 5.41) is 6.49. The van der Waals surface area contributed by atoms with Crippen LogP contribution in [-0.4, -0.2) is 45.6 Å². The Morgan fingerprint density at radius 2 is 1.85 bits per heavy atom. The van der Waals surface area contributed by atoms with Crippen molar-refractivity contribution in [2.24, 2.45) is 5.41 Å². The van der Waals surface area contributed by atoms with Crippen LogP contribution in [0.2, 0.25) is 0 Å². The summed E-state index contributed by atoms with van der Waals surface area (Å²) in [6.07, 6.45) is 1.22. The molecule has 0 radical (unpaired) electrons. The predicted octanol–water partition coefficient (Wildman–Crippen LogP) is 4.07. The lowest BCUT2D eigenvalue weighted by Gasteiger charge is -2.38. The first-order chi connectivity index (χ1) is 16.3. The fourth-order valence-corrected chi connectivity index (χ4v) is 4.86. The van der Waals surface area contributed by atoms with Gasteiger partial charge < -0.3 is 25.0 Å². The van der Waals surface area contributed by atoms with E-state index in [1.54, 1.807) is 14.2 Å². The van der Waals surface area contributed by atoms with Crippen LogP contribution in [0, 0.1) is 5.41 Å². The van der Waals surface area contributed by atoms with Gasteiger partial charge in [-0.3, -0.25) is 9.59 Å². The lowest BCUT2D eigenvalue weighted by Crippen LogP contribution is -2.42. The molecule has 2 aliphatic rings. The number of ketones is 1. The minimum absolute atomic E-state index is 0.104. The minimum Gasteiger partial charge on any atom is -0.497 e. The number of anilines is 2. The Labute approximate surface area is 201 Å². The Balaban J connectivity index is 1.85. The molecule has 1 aliphatic carbocycles. The van der Waals surface area contributed by atoms with E-state index in [4.69, 9.17) is 9.47 Å². The average Bonchev–Trinajstić information content (AvgIpc) is 2.93. The van der Waals surface area contributed by atoms with Crippen molar-refractivity contribution in [3.05, 3.63) is 65.4 Å². The third-order valence-corrected chi connectivity index (χ3v) is 6.38. The highest BCUT2D eigenvalue weighted by atomic mass is 16.5. The van der Waals surface area contributed by atoms with Crippen molar-refractivity contribution >= 4 is 23.1 Å². The number of nitrogens with zero attached hydrogens (tertiary/aromatic N) is 1. The van der Waals surface area contributed by atoms with E-state index in [1.807, 2.05) is 53.4 Å². The summed E-state index contributed by atoms with van der Waals surface area (Å²) in [4.78, 5) is 28.6. The molecule has 0 bridgehead atoms. The van der Waals surface area contributed by atoms with E-state index in [1.165, 1.54) is 0 Å². The Hall–Kier alpha value is -3.32. The van der Waals surface area contributed by atoms with Gasteiger partial charge in [0.25, 0.3) is 0 Å². The van der Waals surface area contributed by atoms with Crippen molar-refractivity contribution in [2.45, 2.75) is 32.7 Å². The van der Waals surface area contributed by atoms with Crippen molar-refractivity contribution in [3.8, 4) is 5.75 Å². The number of carbonyl (C=O) groups is 2. The zero-order chi connectivity index (χ0) is 24.3. The molecule has 4 rings (SSSR count). The van der Waals surface area contributed by atoms with E-state index >= 15 is 0 Å². The molecule has 1 atom stereocenters. The zero-order valence-electron chi connectivity index (χ0n) is 20.3. The van der Waals surface area contributed by atoms with Crippen molar-refractivity contribution < 1.29 is 19.1 Å². The van der Waals surface area contributed by atoms with Gasteiger partial charge in [-0.15, -0.1) is 0 Å². The summed E-state index contributed by atoms with van der Waals surface area (Å²) < 4.78 is 10.4. The highest BCUT2D eigenvalue weighted by Gasteiger charge is 2.41. The highest BCUT2D eigenvalue weighted by Crippen LogP contribution is 2.48. The lowest BCUT2D eigenvalue weighted by molar-refractivity contribution is -0.121. The quantitative estimate of drug-likeness (QED) is 0.603. The van der Waals surface area contributed by atoms with Gasteiger partial charge in [-0.2, -0.15) is 0 Å². The number of nitrogens with one attached hydrogen (secondary N) is 2. The van der Waals surface area contributed by atoms with E-state index < -0.39 is 6.04 Å². The molecule has 0 spiro atoms. The Kier molecular flexibility index (Phi) is 6.93. The zero-order valence-corrected chi connectivity index (χ0v) is 20.3. The van der Waals surface area contributed by atoms with Crippen LogP contribution in [-0.2, 0) is 14.3 Å². The topological polar surface area (TPSA) is 79.9 Å². The molecule has 2 aromatic rings. The van der Waals surface area contributed by atoms with Crippen LogP contribution in [0.3, 0.4) is 0 Å². The number of para-hydroxylation sites is 2. The summed E-state index contributed by atoms with van der Waals surface area (Å²) in [5.41, 5.74) is 4.22. The molecule has 7 nitrogen and oxygen atoms in total. The number of rotatable bonds is 7. The number of allylic oxidation sites excluding steroid dienone is 1. The van der Waals surface area contributed by atoms with Gasteiger partial charge in [0.2, 0.25) is 5.91 Å². The summed E-state index contributed by atoms with van der Waals surface area (Å²) in [7, 11) is 3.23. The maximum atomic E-state index is 13.6. The second kappa shape index (κ2) is 9.89. The molecule has 1 unspecified atom stereocenters. The Bertz CT molecular complexity index is 1090. The van der Waals surface area contributed by atoms with Crippen LogP contribution in [0.25, 0.3) is 0 Å². The maximum absolute atomic E-state index is 13.6. The number of hydrogen-bond donors (Lipinski definition) is 2. The first-order valence-electron chi connectivity index (χ1n) is 11.6. The Morgan fingerprint density at radius 3 is 2.56 bits per heavy atom. The second-order valence-electron chi connectivity index (χ2n) is 9.62. The van der Waals surface area contributed by atoms with Gasteiger partial charge >= 0.3 is 0 Å². The molecule has 180 valence electrons. The number of ether oxygens (including phenoxy) is 2. The van der Waals surface area contributed by atoms with Crippen LogP contribution < -0.4 is 20.3 Å². The molecule has 1 heterocycles. The van der Waals surface area contributed by atoms with Crippen LogP contribution in [0.15, 0.2) is 59.8 Å². The van der Waals surface area contributed by atoms with Gasteiger partial charge in [-0.25, -0.2) is 0 Å². The molecule has 0 saturated carbocycles. The standard InChI is InChI=1S/C27H33N3O4/c1-27(2)15-21-25(23(31)16-27)26(18-9-11-19(34-4)12-10-18)30(17-24(32)28-13-14-33-3)22-8-6-5-7-20(22)29-21/h5-12,26,29H,13-17H2,1-4H3,(H,28,32). The van der Waals surface area contributed by atoms with Gasteiger partial charge in [-0.1, -0.05) is 38.1 Å². The smallest absolute Gasteiger partial charge is 0.239 e. The molecule has 7 heteroatoms. The third-order valence-electron chi connectivity index (χ3n) is 6.38. The second-order valence-corrected chi connectivity index (χ2v) is 9.62. The molecule has 1 amide bonds. The predicted molar refractivity (Wildman–Crippen MR) is 133 cm³/mol. The molecule has 0 fully saturated rings. The van der Waals surface area contributed by atoms with E-state index in [-0.39, 0.29) is 23.7 Å². The van der Waals surface area contributed by atoms with Gasteiger partial charge in [-0.05, 0) is 41.7 Å². The molecule has 1 aliphatic heterocycles. The molecular formula is C27H33N3O4. The molecule has 34 heavy (non-hydrogen) atoms. The largest absolute Gasteiger partial charge is 0.497 e. The molecule has 0 aromatic heterocycles. The van der Waals surface area contributed by atoms with Crippen molar-refractivity contribution in [1.29, 1.82) is 0 Å². The SMILES string of the molecule is COCCNC(=O)CN1c2ccccc2NC2=C(C(=O)CC(C)(C)C2)C1c1ccc(OC)cc1. The van der Waals surface area contributed by atoms with Crippen LogP contribution in [0.5, 0.6) is 5.75 Å². The number of Topliss-reactive ketones (excluding diaryl/α,β-unsaturated/α-hetero) is 1. The molecule has 2 N–H and O–H groups in total. The van der Waals surface area contributed by atoms with Crippen molar-refractivity contribution in [2.75, 3.05) is 44.1 Å². The summed E-state index contributed by atoms with van der Waals surface area (Å²) in [5.74, 6) is 0.722. The number of hydrogen-bond acceptors (Lipinski definition) is 6. The number of methoxy groups -OCH3 is 2. The Morgan fingerprint density at radius 1 is 1.12 bits per heavy atom. The van der Waals surface area contributed by atoms with Gasteiger partial charge in [0, 0.05) is 31.3 Å². The van der Waals surface area contributed by atoms with Gasteiger partial charge in [0.15, 0.2) is 5.78 Å². The van der Waals surface area contributed by atoms with Crippen LogP contribution in [0.1, 0.15) is 38.3 Å². The highest BCUT2D eigenvalue weighted by molar-refractivity contribution is 6.01. The monoisotopic (exact) mass is 463 g/mol. The van der Waals surface area contributed by atoms with Crippen LogP contribution in [0.4, 0.5) is 11.4 Å². The molecule has 0 saturated heterocycles. The molecule has 2 aromatic carbocycles. The van der Waals surface area contributed by atoms with Gasteiger partial charge in [0.05, 0.1) is 37.7 Å². The fourth-order valence-electron chi connectivity index (χ4n) is 4.86. The number of amides is 1. The number of carbonyl (C=O) groups excluding carboxylic acids is 2. The van der Waals surface area contributed by atoms with Crippen molar-refractivity contribution in [3.63, 3.8) is 0 Å². The summed E-state index contributed by atoms with van der Waals surface area (Å²) in [6.45, 7) is 5.21. The number of fused-ring (bicyclic) bond motifs is 1. The molecular weight excluding hydrogens is 430 g/mol. The summed E-state index contributed by atoms with van der Waals surface area (Å²) in [6, 6.07) is 15.3. The average molecular weight is 464 g/mol. The van der Waals surface area contributed by atoms with Crippen molar-refractivity contribution in [1.82, 2.24) is 5.32 Å². The van der Waals surface area contributed by atoms with E-state index in [2.05, 4.69) is 24.5 Å². The number of benzene rings is 2. The first kappa shape index (κ1) is 23.8. The van der Waals surface area contributed by atoms with Gasteiger partial charge in [0.1, 0.15) is 5.75 Å². The minimum atomic E-state index is -0.408.